The first kappa shape index (κ1) is 22.2. The first-order chi connectivity index (χ1) is 15.0. The van der Waals surface area contributed by atoms with Crippen LogP contribution in [0, 0.1) is 5.82 Å². The minimum absolute atomic E-state index is 0.0610. The Hall–Kier alpha value is -3.48. The van der Waals surface area contributed by atoms with E-state index >= 15 is 0 Å². The van der Waals surface area contributed by atoms with Crippen molar-refractivity contribution in [3.05, 3.63) is 102 Å². The maximum atomic E-state index is 14.4. The predicted molar refractivity (Wildman–Crippen MR) is 119 cm³/mol. The molecule has 0 atom stereocenters. The third-order valence-electron chi connectivity index (χ3n) is 4.73. The predicted octanol–water partition coefficient (Wildman–Crippen LogP) is 4.75. The molecule has 0 aliphatic rings. The lowest BCUT2D eigenvalue weighted by atomic mass is 10.0. The summed E-state index contributed by atoms with van der Waals surface area (Å²) in [7, 11) is 0. The normalized spacial score (nSPS) is 10.6. The van der Waals surface area contributed by atoms with Crippen molar-refractivity contribution in [1.29, 1.82) is 0 Å². The SMILES string of the molecule is C=C(NOCc1ccc(-c2ccccc2)cc1F)c1ccc(CNCCC(=O)O)cc1. The van der Waals surface area contributed by atoms with E-state index in [2.05, 4.69) is 17.4 Å². The number of carbonyl (C=O) groups is 1. The average Bonchev–Trinajstić information content (AvgIpc) is 2.78. The van der Waals surface area contributed by atoms with E-state index < -0.39 is 5.97 Å². The molecule has 6 heteroatoms. The van der Waals surface area contributed by atoms with Gasteiger partial charge in [0.2, 0.25) is 0 Å². The van der Waals surface area contributed by atoms with Gasteiger partial charge in [-0.3, -0.25) is 15.1 Å². The van der Waals surface area contributed by atoms with Crippen molar-refractivity contribution in [2.75, 3.05) is 6.54 Å². The van der Waals surface area contributed by atoms with E-state index in [-0.39, 0.29) is 18.8 Å². The summed E-state index contributed by atoms with van der Waals surface area (Å²) in [5.41, 5.74) is 7.42. The molecule has 0 heterocycles. The van der Waals surface area contributed by atoms with Crippen LogP contribution in [-0.4, -0.2) is 17.6 Å². The second kappa shape index (κ2) is 11.1. The van der Waals surface area contributed by atoms with Gasteiger partial charge in [-0.05, 0) is 28.3 Å². The summed E-state index contributed by atoms with van der Waals surface area (Å²) in [6.07, 6.45) is 0.0890. The van der Waals surface area contributed by atoms with E-state index in [0.29, 0.717) is 24.4 Å². The molecule has 3 N–H and O–H groups in total. The smallest absolute Gasteiger partial charge is 0.304 e. The van der Waals surface area contributed by atoms with E-state index in [1.807, 2.05) is 60.7 Å². The summed E-state index contributed by atoms with van der Waals surface area (Å²) < 4.78 is 14.4. The molecule has 0 aliphatic carbocycles. The van der Waals surface area contributed by atoms with Crippen molar-refractivity contribution in [2.45, 2.75) is 19.6 Å². The third kappa shape index (κ3) is 6.77. The van der Waals surface area contributed by atoms with E-state index in [9.17, 15) is 9.18 Å². The number of nitrogens with one attached hydrogen (secondary N) is 2. The average molecular weight is 420 g/mol. The Kier molecular flexibility index (Phi) is 7.92. The van der Waals surface area contributed by atoms with Gasteiger partial charge in [-0.15, -0.1) is 0 Å². The fraction of sp³-hybridized carbons (Fsp3) is 0.160. The lowest BCUT2D eigenvalue weighted by Crippen LogP contribution is -2.17. The number of hydrogen-bond acceptors (Lipinski definition) is 4. The zero-order chi connectivity index (χ0) is 22.1. The van der Waals surface area contributed by atoms with Crippen molar-refractivity contribution < 1.29 is 19.1 Å². The first-order valence-corrected chi connectivity index (χ1v) is 9.95. The number of benzene rings is 3. The summed E-state index contributed by atoms with van der Waals surface area (Å²) in [5, 5.41) is 11.7. The third-order valence-corrected chi connectivity index (χ3v) is 4.73. The van der Waals surface area contributed by atoms with Gasteiger partial charge in [-0.1, -0.05) is 73.3 Å². The zero-order valence-electron chi connectivity index (χ0n) is 17.1. The highest BCUT2D eigenvalue weighted by Gasteiger charge is 2.07. The van der Waals surface area contributed by atoms with Crippen LogP contribution in [0.5, 0.6) is 0 Å². The molecule has 0 amide bonds. The van der Waals surface area contributed by atoms with Crippen LogP contribution >= 0.6 is 0 Å². The molecule has 0 aliphatic heterocycles. The largest absolute Gasteiger partial charge is 0.481 e. The zero-order valence-corrected chi connectivity index (χ0v) is 17.1. The van der Waals surface area contributed by atoms with Crippen molar-refractivity contribution in [3.8, 4) is 11.1 Å². The molecule has 0 unspecified atom stereocenters. The van der Waals surface area contributed by atoms with Crippen LogP contribution in [-0.2, 0) is 22.8 Å². The summed E-state index contributed by atoms with van der Waals surface area (Å²) in [4.78, 5) is 15.9. The van der Waals surface area contributed by atoms with Crippen molar-refractivity contribution in [1.82, 2.24) is 10.8 Å². The number of carboxylic acids is 1. The van der Waals surface area contributed by atoms with E-state index in [1.54, 1.807) is 6.07 Å². The molecular weight excluding hydrogens is 395 g/mol. The van der Waals surface area contributed by atoms with Crippen LogP contribution in [0.2, 0.25) is 0 Å². The number of hydroxylamine groups is 1. The monoisotopic (exact) mass is 420 g/mol. The Morgan fingerprint density at radius 1 is 1.00 bits per heavy atom. The van der Waals surface area contributed by atoms with Crippen LogP contribution in [0.4, 0.5) is 4.39 Å². The van der Waals surface area contributed by atoms with Gasteiger partial charge < -0.3 is 10.4 Å². The molecule has 0 spiro atoms. The standard InChI is InChI=1S/C25H25FN2O3/c1-18(20-9-7-19(8-10-20)16-27-14-13-25(29)30)28-31-17-23-12-11-22(15-24(23)26)21-5-3-2-4-6-21/h2-12,15,27-28H,1,13-14,16-17H2,(H,29,30). The quantitative estimate of drug-likeness (QED) is 0.309. The van der Waals surface area contributed by atoms with Crippen LogP contribution in [0.15, 0.2) is 79.4 Å². The summed E-state index contributed by atoms with van der Waals surface area (Å²) in [6, 6.07) is 22.4. The molecule has 3 rings (SSSR count). The number of rotatable bonds is 11. The minimum atomic E-state index is -0.822. The fourth-order valence-corrected chi connectivity index (χ4v) is 2.99. The highest BCUT2D eigenvalue weighted by atomic mass is 19.1. The second-order valence-electron chi connectivity index (χ2n) is 7.06. The maximum Gasteiger partial charge on any atom is 0.304 e. The molecule has 5 nitrogen and oxygen atoms in total. The lowest BCUT2D eigenvalue weighted by Gasteiger charge is -2.12. The van der Waals surface area contributed by atoms with Crippen molar-refractivity contribution in [3.63, 3.8) is 0 Å². The highest BCUT2D eigenvalue weighted by Crippen LogP contribution is 2.22. The van der Waals surface area contributed by atoms with E-state index in [0.717, 1.165) is 22.3 Å². The molecule has 0 bridgehead atoms. The van der Waals surface area contributed by atoms with Crippen LogP contribution in [0.25, 0.3) is 16.8 Å². The van der Waals surface area contributed by atoms with Gasteiger partial charge in [0, 0.05) is 18.7 Å². The summed E-state index contributed by atoms with van der Waals surface area (Å²) in [5.74, 6) is -1.15. The van der Waals surface area contributed by atoms with Gasteiger partial charge >= 0.3 is 5.97 Å². The molecule has 3 aromatic carbocycles. The van der Waals surface area contributed by atoms with Gasteiger partial charge in [0.05, 0.1) is 12.1 Å². The highest BCUT2D eigenvalue weighted by molar-refractivity contribution is 5.67. The minimum Gasteiger partial charge on any atom is -0.481 e. The second-order valence-corrected chi connectivity index (χ2v) is 7.06. The van der Waals surface area contributed by atoms with Crippen LogP contribution in [0.1, 0.15) is 23.1 Å². The summed E-state index contributed by atoms with van der Waals surface area (Å²) >= 11 is 0. The Bertz CT molecular complexity index is 1020. The van der Waals surface area contributed by atoms with Gasteiger partial charge in [0.25, 0.3) is 0 Å². The number of halogens is 1. The molecule has 0 fully saturated rings. The molecule has 3 aromatic rings. The molecule has 0 aromatic heterocycles. The molecule has 0 radical (unpaired) electrons. The fourth-order valence-electron chi connectivity index (χ4n) is 2.99. The molecule has 160 valence electrons. The topological polar surface area (TPSA) is 70.6 Å². The van der Waals surface area contributed by atoms with E-state index in [4.69, 9.17) is 9.94 Å². The Balaban J connectivity index is 1.47. The maximum absolute atomic E-state index is 14.4. The van der Waals surface area contributed by atoms with Gasteiger partial charge in [-0.2, -0.15) is 0 Å². The van der Waals surface area contributed by atoms with Crippen LogP contribution < -0.4 is 10.8 Å². The van der Waals surface area contributed by atoms with Gasteiger partial charge in [0.1, 0.15) is 12.4 Å². The Morgan fingerprint density at radius 3 is 2.42 bits per heavy atom. The number of hydrogen-bond donors (Lipinski definition) is 3. The van der Waals surface area contributed by atoms with Crippen LogP contribution in [0.3, 0.4) is 0 Å². The van der Waals surface area contributed by atoms with Crippen molar-refractivity contribution >= 4 is 11.7 Å². The molecule has 0 saturated carbocycles. The summed E-state index contributed by atoms with van der Waals surface area (Å²) in [6.45, 7) is 5.01. The lowest BCUT2D eigenvalue weighted by molar-refractivity contribution is -0.136. The molecule has 31 heavy (non-hydrogen) atoms. The van der Waals surface area contributed by atoms with Crippen molar-refractivity contribution in [2.24, 2.45) is 0 Å². The first-order valence-electron chi connectivity index (χ1n) is 9.95. The van der Waals surface area contributed by atoms with E-state index in [1.165, 1.54) is 6.07 Å². The Morgan fingerprint density at radius 2 is 1.74 bits per heavy atom. The number of aliphatic carboxylic acids is 1. The van der Waals surface area contributed by atoms with Gasteiger partial charge in [-0.25, -0.2) is 4.39 Å². The molecular formula is C25H25FN2O3. The van der Waals surface area contributed by atoms with Gasteiger partial charge in [0.15, 0.2) is 0 Å². The Labute approximate surface area is 181 Å². The number of carboxylic acid groups (broad SMARTS) is 1. The molecule has 0 saturated heterocycles.